The molecule has 1 heterocycles. The average molecular weight is 175 g/mol. The molecular weight excluding hydrogens is 162 g/mol. The minimum absolute atomic E-state index is 0.710. The fourth-order valence-corrected chi connectivity index (χ4v) is 1.58. The molecule has 0 saturated carbocycles. The number of benzene rings is 1. The lowest BCUT2D eigenvalue weighted by atomic mass is 10.2. The third-order valence-corrected chi connectivity index (χ3v) is 2.13. The second-order valence-corrected chi connectivity index (χ2v) is 3.07. The van der Waals surface area contributed by atoms with Crippen LogP contribution in [0.4, 0.5) is 0 Å². The number of rotatable bonds is 2. The van der Waals surface area contributed by atoms with Crippen molar-refractivity contribution in [2.75, 3.05) is 6.61 Å². The highest BCUT2D eigenvalue weighted by Crippen LogP contribution is 2.26. The first-order valence-electron chi connectivity index (χ1n) is 4.49. The molecule has 0 aliphatic carbocycles. The molecule has 0 bridgehead atoms. The molecule has 2 rings (SSSR count). The fraction of sp³-hybridized carbons (Fsp3) is 0.273. The summed E-state index contributed by atoms with van der Waals surface area (Å²) >= 11 is 0. The van der Waals surface area contributed by atoms with Gasteiger partial charge in [-0.3, -0.25) is 0 Å². The van der Waals surface area contributed by atoms with Crippen LogP contribution in [0.3, 0.4) is 0 Å². The summed E-state index contributed by atoms with van der Waals surface area (Å²) in [6.07, 6.45) is 2.08. The van der Waals surface area contributed by atoms with E-state index in [0.717, 1.165) is 5.88 Å². The van der Waals surface area contributed by atoms with Gasteiger partial charge in [0.15, 0.2) is 0 Å². The number of hydrogen-bond acceptors (Lipinski definition) is 1. The van der Waals surface area contributed by atoms with E-state index in [1.165, 1.54) is 10.8 Å². The first-order valence-corrected chi connectivity index (χ1v) is 4.49. The van der Waals surface area contributed by atoms with E-state index in [0.29, 0.717) is 6.61 Å². The van der Waals surface area contributed by atoms with E-state index in [1.807, 2.05) is 30.7 Å². The normalized spacial score (nSPS) is 10.6. The van der Waals surface area contributed by atoms with Crippen LogP contribution < -0.4 is 4.74 Å². The molecule has 1 aromatic heterocycles. The Balaban J connectivity index is 2.64. The van der Waals surface area contributed by atoms with Gasteiger partial charge in [0.25, 0.3) is 0 Å². The van der Waals surface area contributed by atoms with Gasteiger partial charge >= 0.3 is 0 Å². The van der Waals surface area contributed by atoms with Crippen molar-refractivity contribution in [1.29, 1.82) is 0 Å². The highest BCUT2D eigenvalue weighted by molar-refractivity contribution is 5.87. The Morgan fingerprint density at radius 1 is 1.31 bits per heavy atom. The molecule has 2 heteroatoms. The molecule has 0 amide bonds. The predicted octanol–water partition coefficient (Wildman–Crippen LogP) is 2.58. The van der Waals surface area contributed by atoms with Gasteiger partial charge < -0.3 is 9.30 Å². The summed E-state index contributed by atoms with van der Waals surface area (Å²) in [7, 11) is 2.00. The van der Waals surface area contributed by atoms with Gasteiger partial charge in [-0.25, -0.2) is 0 Å². The maximum Gasteiger partial charge on any atom is 0.201 e. The molecule has 13 heavy (non-hydrogen) atoms. The maximum absolute atomic E-state index is 5.55. The molecule has 0 unspecified atom stereocenters. The van der Waals surface area contributed by atoms with Crippen LogP contribution in [0.2, 0.25) is 0 Å². The molecule has 0 atom stereocenters. The number of aromatic nitrogens is 1. The van der Waals surface area contributed by atoms with Crippen molar-refractivity contribution in [3.63, 3.8) is 0 Å². The lowest BCUT2D eigenvalue weighted by molar-refractivity contribution is 0.319. The van der Waals surface area contributed by atoms with Crippen molar-refractivity contribution >= 4 is 10.8 Å². The van der Waals surface area contributed by atoms with Crippen LogP contribution in [0.5, 0.6) is 5.88 Å². The summed E-state index contributed by atoms with van der Waals surface area (Å²) < 4.78 is 7.57. The number of fused-ring (bicyclic) bond motifs is 1. The molecule has 0 N–H and O–H groups in total. The van der Waals surface area contributed by atoms with Crippen LogP contribution in [-0.2, 0) is 7.05 Å². The van der Waals surface area contributed by atoms with E-state index >= 15 is 0 Å². The Bertz CT molecular complexity index is 417. The van der Waals surface area contributed by atoms with Gasteiger partial charge in [-0.15, -0.1) is 0 Å². The highest BCUT2D eigenvalue weighted by Gasteiger charge is 2.05. The molecule has 1 aromatic carbocycles. The van der Waals surface area contributed by atoms with Crippen LogP contribution in [0.1, 0.15) is 6.92 Å². The van der Waals surface area contributed by atoms with Crippen molar-refractivity contribution < 1.29 is 4.74 Å². The van der Waals surface area contributed by atoms with E-state index in [2.05, 4.69) is 18.3 Å². The molecule has 2 nitrogen and oxygen atoms in total. The van der Waals surface area contributed by atoms with Gasteiger partial charge in [-0.05, 0) is 13.0 Å². The first-order chi connectivity index (χ1) is 6.33. The topological polar surface area (TPSA) is 14.2 Å². The molecule has 0 aliphatic heterocycles. The van der Waals surface area contributed by atoms with Gasteiger partial charge in [0.05, 0.1) is 6.61 Å². The fourth-order valence-electron chi connectivity index (χ4n) is 1.58. The van der Waals surface area contributed by atoms with E-state index < -0.39 is 0 Å². The molecular formula is C11H13NO. The van der Waals surface area contributed by atoms with Gasteiger partial charge in [-0.1, -0.05) is 18.2 Å². The number of ether oxygens (including phenoxy) is 1. The summed E-state index contributed by atoms with van der Waals surface area (Å²) in [5.41, 5.74) is 0. The zero-order valence-electron chi connectivity index (χ0n) is 7.95. The van der Waals surface area contributed by atoms with Gasteiger partial charge in [0.2, 0.25) is 5.88 Å². The van der Waals surface area contributed by atoms with Crippen molar-refractivity contribution in [3.8, 4) is 5.88 Å². The Morgan fingerprint density at radius 2 is 2.08 bits per heavy atom. The van der Waals surface area contributed by atoms with Gasteiger partial charge in [0, 0.05) is 24.0 Å². The highest BCUT2D eigenvalue weighted by atomic mass is 16.5. The molecule has 0 saturated heterocycles. The Kier molecular flexibility index (Phi) is 1.97. The van der Waals surface area contributed by atoms with Gasteiger partial charge in [-0.2, -0.15) is 0 Å². The maximum atomic E-state index is 5.55. The Hall–Kier alpha value is -1.44. The van der Waals surface area contributed by atoms with Crippen LogP contribution in [-0.4, -0.2) is 11.2 Å². The van der Waals surface area contributed by atoms with Crippen molar-refractivity contribution in [1.82, 2.24) is 4.57 Å². The lowest BCUT2D eigenvalue weighted by Crippen LogP contribution is -1.96. The first kappa shape index (κ1) is 8.17. The zero-order chi connectivity index (χ0) is 9.26. The van der Waals surface area contributed by atoms with Crippen molar-refractivity contribution in [2.24, 2.45) is 7.05 Å². The second-order valence-electron chi connectivity index (χ2n) is 3.07. The zero-order valence-corrected chi connectivity index (χ0v) is 7.95. The quantitative estimate of drug-likeness (QED) is 0.684. The SMILES string of the molecule is CCOc1c2ccccc2cn1C. The molecule has 0 radical (unpaired) electrons. The number of hydrogen-bond donors (Lipinski definition) is 0. The number of aryl methyl sites for hydroxylation is 1. The Labute approximate surface area is 77.7 Å². The van der Waals surface area contributed by atoms with E-state index in [9.17, 15) is 0 Å². The van der Waals surface area contributed by atoms with Crippen LogP contribution in [0.15, 0.2) is 30.5 Å². The standard InChI is InChI=1S/C11H13NO/c1-3-13-11-10-7-5-4-6-9(10)8-12(11)2/h4-8H,3H2,1-2H3. The number of nitrogens with zero attached hydrogens (tertiary/aromatic N) is 1. The molecule has 2 aromatic rings. The molecule has 68 valence electrons. The molecule has 0 spiro atoms. The average Bonchev–Trinajstić information content (AvgIpc) is 2.44. The largest absolute Gasteiger partial charge is 0.479 e. The molecule has 0 fully saturated rings. The van der Waals surface area contributed by atoms with E-state index in [4.69, 9.17) is 4.74 Å². The summed E-state index contributed by atoms with van der Waals surface area (Å²) in [4.78, 5) is 0. The smallest absolute Gasteiger partial charge is 0.201 e. The third kappa shape index (κ3) is 1.28. The molecule has 0 aliphatic rings. The van der Waals surface area contributed by atoms with Crippen molar-refractivity contribution in [3.05, 3.63) is 30.5 Å². The lowest BCUT2D eigenvalue weighted by Gasteiger charge is -2.03. The summed E-state index contributed by atoms with van der Waals surface area (Å²) in [5, 5.41) is 2.42. The van der Waals surface area contributed by atoms with E-state index in [1.54, 1.807) is 0 Å². The predicted molar refractivity (Wildman–Crippen MR) is 54.1 cm³/mol. The van der Waals surface area contributed by atoms with Crippen LogP contribution in [0.25, 0.3) is 10.8 Å². The van der Waals surface area contributed by atoms with Crippen LogP contribution >= 0.6 is 0 Å². The van der Waals surface area contributed by atoms with Crippen LogP contribution in [0, 0.1) is 0 Å². The summed E-state index contributed by atoms with van der Waals surface area (Å²) in [6, 6.07) is 8.25. The second kappa shape index (κ2) is 3.13. The Morgan fingerprint density at radius 3 is 2.85 bits per heavy atom. The summed E-state index contributed by atoms with van der Waals surface area (Å²) in [5.74, 6) is 0.957. The summed E-state index contributed by atoms with van der Waals surface area (Å²) in [6.45, 7) is 2.71. The monoisotopic (exact) mass is 175 g/mol. The third-order valence-electron chi connectivity index (χ3n) is 2.13. The van der Waals surface area contributed by atoms with E-state index in [-0.39, 0.29) is 0 Å². The van der Waals surface area contributed by atoms with Gasteiger partial charge in [0.1, 0.15) is 0 Å². The minimum atomic E-state index is 0.710. The van der Waals surface area contributed by atoms with Crippen molar-refractivity contribution in [2.45, 2.75) is 6.92 Å². The minimum Gasteiger partial charge on any atom is -0.479 e.